The lowest BCUT2D eigenvalue weighted by molar-refractivity contribution is -0.120. The molecule has 1 atom stereocenters. The smallest absolute Gasteiger partial charge is 0.229 e. The Kier molecular flexibility index (Phi) is 4.90. The van der Waals surface area contributed by atoms with Gasteiger partial charge in [-0.15, -0.1) is 0 Å². The summed E-state index contributed by atoms with van der Waals surface area (Å²) in [6, 6.07) is 12.6. The highest BCUT2D eigenvalue weighted by molar-refractivity contribution is 5.93. The van der Waals surface area contributed by atoms with Gasteiger partial charge in [-0.3, -0.25) is 4.79 Å². The lowest BCUT2D eigenvalue weighted by Crippen LogP contribution is -2.27. The van der Waals surface area contributed by atoms with Crippen molar-refractivity contribution in [2.75, 3.05) is 19.1 Å². The molecule has 0 saturated heterocycles. The number of hydrogen-bond acceptors (Lipinski definition) is 4. The summed E-state index contributed by atoms with van der Waals surface area (Å²) in [5.74, 6) is 0.308. The first-order valence-electron chi connectivity index (χ1n) is 6.61. The van der Waals surface area contributed by atoms with E-state index in [-0.39, 0.29) is 12.3 Å². The van der Waals surface area contributed by atoms with Gasteiger partial charge in [-0.05, 0) is 11.6 Å². The normalized spacial score (nSPS) is 11.8. The molecule has 1 heterocycles. The van der Waals surface area contributed by atoms with Crippen molar-refractivity contribution in [3.8, 4) is 5.88 Å². The zero-order chi connectivity index (χ0) is 15.2. The van der Waals surface area contributed by atoms with Gasteiger partial charge in [0.1, 0.15) is 0 Å². The highest BCUT2D eigenvalue weighted by Gasteiger charge is 2.17. The third-order valence-corrected chi connectivity index (χ3v) is 3.24. The molecule has 0 aliphatic carbocycles. The SMILES string of the molecule is COc1ccc(N(C)C(=O)CC(O)c2ccccc2)cn1. The van der Waals surface area contributed by atoms with E-state index in [9.17, 15) is 9.90 Å². The van der Waals surface area contributed by atoms with Crippen molar-refractivity contribution in [2.24, 2.45) is 0 Å². The Hall–Kier alpha value is -2.40. The fraction of sp³-hybridized carbons (Fsp3) is 0.250. The summed E-state index contributed by atoms with van der Waals surface area (Å²) >= 11 is 0. The predicted molar refractivity (Wildman–Crippen MR) is 80.2 cm³/mol. The number of nitrogens with zero attached hydrogens (tertiary/aromatic N) is 2. The summed E-state index contributed by atoms with van der Waals surface area (Å²) in [5.41, 5.74) is 1.38. The molecule has 0 aliphatic rings. The number of aliphatic hydroxyl groups is 1. The summed E-state index contributed by atoms with van der Waals surface area (Å²) in [6.07, 6.45) is 0.769. The third kappa shape index (κ3) is 3.79. The van der Waals surface area contributed by atoms with Gasteiger partial charge in [-0.25, -0.2) is 4.98 Å². The number of benzene rings is 1. The molecule has 21 heavy (non-hydrogen) atoms. The van der Waals surface area contributed by atoms with Crippen molar-refractivity contribution in [1.82, 2.24) is 4.98 Å². The van der Waals surface area contributed by atoms with Gasteiger partial charge in [-0.2, -0.15) is 0 Å². The highest BCUT2D eigenvalue weighted by atomic mass is 16.5. The van der Waals surface area contributed by atoms with Crippen LogP contribution < -0.4 is 9.64 Å². The zero-order valence-electron chi connectivity index (χ0n) is 12.1. The first-order chi connectivity index (χ1) is 10.1. The molecular weight excluding hydrogens is 268 g/mol. The first kappa shape index (κ1) is 15.0. The number of aromatic nitrogens is 1. The maximum atomic E-state index is 12.2. The Morgan fingerprint density at radius 2 is 2.00 bits per heavy atom. The van der Waals surface area contributed by atoms with Crippen LogP contribution in [0.4, 0.5) is 5.69 Å². The molecule has 2 aromatic rings. The average molecular weight is 286 g/mol. The third-order valence-electron chi connectivity index (χ3n) is 3.24. The Bertz CT molecular complexity index is 584. The van der Waals surface area contributed by atoms with Crippen molar-refractivity contribution in [2.45, 2.75) is 12.5 Å². The second kappa shape index (κ2) is 6.85. The van der Waals surface area contributed by atoms with Crippen LogP contribution in [-0.2, 0) is 4.79 Å². The van der Waals surface area contributed by atoms with Crippen LogP contribution in [0.3, 0.4) is 0 Å². The molecule has 110 valence electrons. The monoisotopic (exact) mass is 286 g/mol. The second-order valence-electron chi connectivity index (χ2n) is 4.64. The summed E-state index contributed by atoms with van der Waals surface area (Å²) in [5, 5.41) is 10.1. The van der Waals surface area contributed by atoms with E-state index in [1.807, 2.05) is 18.2 Å². The van der Waals surface area contributed by atoms with Crippen LogP contribution in [-0.4, -0.2) is 30.2 Å². The second-order valence-corrected chi connectivity index (χ2v) is 4.64. The predicted octanol–water partition coefficient (Wildman–Crippen LogP) is 2.18. The Morgan fingerprint density at radius 3 is 2.57 bits per heavy atom. The molecule has 0 spiro atoms. The van der Waals surface area contributed by atoms with E-state index in [1.54, 1.807) is 37.5 Å². The number of carbonyl (C=O) groups is 1. The van der Waals surface area contributed by atoms with E-state index in [0.29, 0.717) is 11.6 Å². The van der Waals surface area contributed by atoms with E-state index in [4.69, 9.17) is 4.74 Å². The van der Waals surface area contributed by atoms with Gasteiger partial charge in [0.2, 0.25) is 11.8 Å². The highest BCUT2D eigenvalue weighted by Crippen LogP contribution is 2.20. The maximum absolute atomic E-state index is 12.2. The van der Waals surface area contributed by atoms with Crippen molar-refractivity contribution >= 4 is 11.6 Å². The van der Waals surface area contributed by atoms with Gasteiger partial charge >= 0.3 is 0 Å². The van der Waals surface area contributed by atoms with Crippen molar-refractivity contribution in [3.05, 3.63) is 54.2 Å². The van der Waals surface area contributed by atoms with Gasteiger partial charge < -0.3 is 14.7 Å². The van der Waals surface area contributed by atoms with Gasteiger partial charge in [0.25, 0.3) is 0 Å². The molecular formula is C16H18N2O3. The summed E-state index contributed by atoms with van der Waals surface area (Å²) in [6.45, 7) is 0. The summed E-state index contributed by atoms with van der Waals surface area (Å²) in [7, 11) is 3.19. The lowest BCUT2D eigenvalue weighted by atomic mass is 10.1. The van der Waals surface area contributed by atoms with Gasteiger partial charge in [0.15, 0.2) is 0 Å². The summed E-state index contributed by atoms with van der Waals surface area (Å²) in [4.78, 5) is 17.7. The molecule has 1 aromatic heterocycles. The minimum atomic E-state index is -0.813. The van der Waals surface area contributed by atoms with Gasteiger partial charge in [-0.1, -0.05) is 30.3 Å². The number of ether oxygens (including phenoxy) is 1. The molecule has 0 aliphatic heterocycles. The number of rotatable bonds is 5. The number of carbonyl (C=O) groups excluding carboxylic acids is 1. The largest absolute Gasteiger partial charge is 0.481 e. The average Bonchev–Trinajstić information content (AvgIpc) is 2.55. The van der Waals surface area contributed by atoms with Gasteiger partial charge in [0.05, 0.1) is 31.5 Å². The molecule has 1 amide bonds. The molecule has 0 bridgehead atoms. The number of anilines is 1. The van der Waals surface area contributed by atoms with Gasteiger partial charge in [0, 0.05) is 13.1 Å². The zero-order valence-corrected chi connectivity index (χ0v) is 12.1. The minimum absolute atomic E-state index is 0.0204. The fourth-order valence-corrected chi connectivity index (χ4v) is 1.93. The molecule has 5 heteroatoms. The maximum Gasteiger partial charge on any atom is 0.229 e. The van der Waals surface area contributed by atoms with Crippen molar-refractivity contribution < 1.29 is 14.6 Å². The lowest BCUT2D eigenvalue weighted by Gasteiger charge is -2.19. The first-order valence-corrected chi connectivity index (χ1v) is 6.61. The Morgan fingerprint density at radius 1 is 1.29 bits per heavy atom. The van der Waals surface area contributed by atoms with E-state index >= 15 is 0 Å². The standard InChI is InChI=1S/C16H18N2O3/c1-18(13-8-9-15(21-2)17-11-13)16(20)10-14(19)12-6-4-3-5-7-12/h3-9,11,14,19H,10H2,1-2H3. The Labute approximate surface area is 123 Å². The van der Waals surface area contributed by atoms with E-state index < -0.39 is 6.10 Å². The summed E-state index contributed by atoms with van der Waals surface area (Å²) < 4.78 is 4.98. The minimum Gasteiger partial charge on any atom is -0.481 e. The quantitative estimate of drug-likeness (QED) is 0.915. The van der Waals surface area contributed by atoms with E-state index in [1.165, 1.54) is 12.0 Å². The topological polar surface area (TPSA) is 62.7 Å². The fourth-order valence-electron chi connectivity index (χ4n) is 1.93. The van der Waals surface area contributed by atoms with E-state index in [2.05, 4.69) is 4.98 Å². The van der Waals surface area contributed by atoms with Crippen molar-refractivity contribution in [3.63, 3.8) is 0 Å². The van der Waals surface area contributed by atoms with Crippen LogP contribution in [0.15, 0.2) is 48.7 Å². The number of aliphatic hydroxyl groups excluding tert-OH is 1. The molecule has 1 unspecified atom stereocenters. The number of methoxy groups -OCH3 is 1. The molecule has 2 rings (SSSR count). The van der Waals surface area contributed by atoms with Crippen LogP contribution in [0.1, 0.15) is 18.1 Å². The number of amides is 1. The van der Waals surface area contributed by atoms with Crippen LogP contribution in [0, 0.1) is 0 Å². The molecule has 0 saturated carbocycles. The van der Waals surface area contributed by atoms with Crippen LogP contribution in [0.25, 0.3) is 0 Å². The number of pyridine rings is 1. The molecule has 0 radical (unpaired) electrons. The van der Waals surface area contributed by atoms with Crippen LogP contribution in [0.2, 0.25) is 0 Å². The Balaban J connectivity index is 2.02. The molecule has 1 aromatic carbocycles. The molecule has 1 N–H and O–H groups in total. The van der Waals surface area contributed by atoms with Crippen LogP contribution in [0.5, 0.6) is 5.88 Å². The molecule has 5 nitrogen and oxygen atoms in total. The van der Waals surface area contributed by atoms with Crippen LogP contribution >= 0.6 is 0 Å². The molecule has 0 fully saturated rings. The van der Waals surface area contributed by atoms with Crippen molar-refractivity contribution in [1.29, 1.82) is 0 Å². The number of hydrogen-bond donors (Lipinski definition) is 1. The van der Waals surface area contributed by atoms with E-state index in [0.717, 1.165) is 5.56 Å².